The summed E-state index contributed by atoms with van der Waals surface area (Å²) in [5.41, 5.74) is -0.627. The van der Waals surface area contributed by atoms with E-state index in [9.17, 15) is 19.8 Å². The van der Waals surface area contributed by atoms with E-state index in [1.54, 1.807) is 30.3 Å². The number of ether oxygens (including phenoxy) is 1. The van der Waals surface area contributed by atoms with Crippen molar-refractivity contribution in [2.45, 2.75) is 0 Å². The third-order valence-corrected chi connectivity index (χ3v) is 3.66. The van der Waals surface area contributed by atoms with Gasteiger partial charge in [-0.15, -0.1) is 0 Å². The fraction of sp³-hybridized carbons (Fsp3) is 0.0526. The van der Waals surface area contributed by atoms with Crippen LogP contribution in [0.4, 0.5) is 0 Å². The van der Waals surface area contributed by atoms with Gasteiger partial charge < -0.3 is 19.4 Å². The number of hydrogen-bond acceptors (Lipinski definition) is 6. The van der Waals surface area contributed by atoms with Gasteiger partial charge in [-0.1, -0.05) is 24.3 Å². The molecule has 1 heterocycles. The highest BCUT2D eigenvalue weighted by Gasteiger charge is 2.18. The molecule has 2 N–H and O–H groups in total. The van der Waals surface area contributed by atoms with Crippen molar-refractivity contribution in [2.75, 3.05) is 7.11 Å². The van der Waals surface area contributed by atoms with Crippen LogP contribution in [-0.2, 0) is 0 Å². The van der Waals surface area contributed by atoms with Gasteiger partial charge in [0.2, 0.25) is 0 Å². The van der Waals surface area contributed by atoms with E-state index < -0.39 is 22.7 Å². The number of fused-ring (bicyclic) bond motifs is 1. The molecule has 6 heteroatoms. The van der Waals surface area contributed by atoms with Crippen LogP contribution in [0.25, 0.3) is 17.0 Å². The Morgan fingerprint density at radius 1 is 1.16 bits per heavy atom. The highest BCUT2D eigenvalue weighted by molar-refractivity contribution is 6.10. The average Bonchev–Trinajstić information content (AvgIpc) is 2.60. The first kappa shape index (κ1) is 16.3. The minimum atomic E-state index is -0.913. The van der Waals surface area contributed by atoms with Gasteiger partial charge in [0.1, 0.15) is 16.9 Å². The van der Waals surface area contributed by atoms with Crippen LogP contribution in [0.15, 0.2) is 57.8 Å². The van der Waals surface area contributed by atoms with Crippen LogP contribution in [0.3, 0.4) is 0 Å². The largest absolute Gasteiger partial charge is 0.506 e. The second kappa shape index (κ2) is 6.52. The summed E-state index contributed by atoms with van der Waals surface area (Å²) < 4.78 is 10.0. The topological polar surface area (TPSA) is 97.0 Å². The molecule has 3 aromatic rings. The number of ketones is 1. The third-order valence-electron chi connectivity index (χ3n) is 3.66. The molecule has 6 nitrogen and oxygen atoms in total. The molecule has 0 saturated heterocycles. The number of phenols is 1. The second-order valence-electron chi connectivity index (χ2n) is 5.24. The van der Waals surface area contributed by atoms with Crippen molar-refractivity contribution in [1.29, 1.82) is 0 Å². The van der Waals surface area contributed by atoms with Crippen LogP contribution in [0.5, 0.6) is 17.2 Å². The molecule has 25 heavy (non-hydrogen) atoms. The van der Waals surface area contributed by atoms with Gasteiger partial charge in [-0.3, -0.25) is 4.79 Å². The van der Waals surface area contributed by atoms with Crippen LogP contribution in [0.1, 0.15) is 15.9 Å². The first-order valence-corrected chi connectivity index (χ1v) is 7.35. The molecule has 1 aromatic heterocycles. The number of rotatable bonds is 4. The molecule has 0 bridgehead atoms. The normalized spacial score (nSPS) is 11.1. The zero-order valence-corrected chi connectivity index (χ0v) is 13.2. The van der Waals surface area contributed by atoms with Crippen molar-refractivity contribution in [3.8, 4) is 17.2 Å². The SMILES string of the molecule is COc1ccc(C=CC(=O)c2c(O)c3ccccc3oc2=O)cc1O. The lowest BCUT2D eigenvalue weighted by atomic mass is 10.1. The van der Waals surface area contributed by atoms with Crippen molar-refractivity contribution in [1.82, 2.24) is 0 Å². The van der Waals surface area contributed by atoms with Gasteiger partial charge >= 0.3 is 5.63 Å². The van der Waals surface area contributed by atoms with Crippen molar-refractivity contribution < 1.29 is 24.2 Å². The van der Waals surface area contributed by atoms with Gasteiger partial charge in [0, 0.05) is 0 Å². The number of allylic oxidation sites excluding steroid dienone is 1. The molecule has 0 amide bonds. The Kier molecular flexibility index (Phi) is 4.26. The number of phenolic OH excluding ortho intramolecular Hbond substituents is 1. The van der Waals surface area contributed by atoms with Gasteiger partial charge in [-0.2, -0.15) is 0 Å². The van der Waals surface area contributed by atoms with E-state index in [2.05, 4.69) is 0 Å². The number of benzene rings is 2. The maximum Gasteiger partial charge on any atom is 0.351 e. The zero-order valence-electron chi connectivity index (χ0n) is 13.2. The molecule has 2 aromatic carbocycles. The summed E-state index contributed by atoms with van der Waals surface area (Å²) in [4.78, 5) is 24.3. The number of aromatic hydroxyl groups is 2. The Morgan fingerprint density at radius 2 is 1.92 bits per heavy atom. The second-order valence-corrected chi connectivity index (χ2v) is 5.24. The molecule has 0 aliphatic heterocycles. The summed E-state index contributed by atoms with van der Waals surface area (Å²) in [6.45, 7) is 0. The maximum absolute atomic E-state index is 12.3. The van der Waals surface area contributed by atoms with Crippen molar-refractivity contribution in [2.24, 2.45) is 0 Å². The predicted molar refractivity (Wildman–Crippen MR) is 92.2 cm³/mol. The van der Waals surface area contributed by atoms with Gasteiger partial charge in [0.05, 0.1) is 12.5 Å². The number of hydrogen-bond donors (Lipinski definition) is 2. The number of methoxy groups -OCH3 is 1. The third kappa shape index (κ3) is 3.10. The molecule has 0 atom stereocenters. The van der Waals surface area contributed by atoms with Crippen LogP contribution in [-0.4, -0.2) is 23.1 Å². The number of carbonyl (C=O) groups excluding carboxylic acids is 1. The fourth-order valence-corrected chi connectivity index (χ4v) is 2.42. The van der Waals surface area contributed by atoms with E-state index in [1.165, 1.54) is 25.3 Å². The van der Waals surface area contributed by atoms with E-state index in [1.807, 2.05) is 0 Å². The summed E-state index contributed by atoms with van der Waals surface area (Å²) in [7, 11) is 1.43. The Hall–Kier alpha value is -3.54. The molecular weight excluding hydrogens is 324 g/mol. The lowest BCUT2D eigenvalue weighted by Gasteiger charge is -2.04. The molecule has 0 aliphatic rings. The first-order valence-electron chi connectivity index (χ1n) is 7.35. The Bertz CT molecular complexity index is 1050. The molecule has 0 spiro atoms. The monoisotopic (exact) mass is 338 g/mol. The molecule has 0 unspecified atom stereocenters. The van der Waals surface area contributed by atoms with E-state index in [0.29, 0.717) is 11.3 Å². The quantitative estimate of drug-likeness (QED) is 0.431. The van der Waals surface area contributed by atoms with Gasteiger partial charge in [-0.05, 0) is 35.9 Å². The molecule has 3 rings (SSSR count). The average molecular weight is 338 g/mol. The zero-order chi connectivity index (χ0) is 18.0. The van der Waals surface area contributed by atoms with Crippen molar-refractivity contribution >= 4 is 22.8 Å². The molecule has 0 aliphatic carbocycles. The molecule has 0 fully saturated rings. The minimum absolute atomic E-state index is 0.0786. The Morgan fingerprint density at radius 3 is 2.64 bits per heavy atom. The van der Waals surface area contributed by atoms with E-state index in [0.717, 1.165) is 6.08 Å². The predicted octanol–water partition coefficient (Wildman–Crippen LogP) is 3.11. The van der Waals surface area contributed by atoms with Gasteiger partial charge in [0.25, 0.3) is 0 Å². The van der Waals surface area contributed by atoms with Crippen LogP contribution in [0, 0.1) is 0 Å². The molecule has 0 radical (unpaired) electrons. The summed E-state index contributed by atoms with van der Waals surface area (Å²) in [5, 5.41) is 20.2. The molecule has 0 saturated carbocycles. The van der Waals surface area contributed by atoms with Crippen molar-refractivity contribution in [3.05, 3.63) is 70.1 Å². The standard InChI is InChI=1S/C19H14O6/c1-24-16-9-7-11(10-14(16)21)6-8-13(20)17-18(22)12-4-2-3-5-15(12)25-19(17)23/h2-10,21-22H,1H3. The lowest BCUT2D eigenvalue weighted by Crippen LogP contribution is -2.12. The minimum Gasteiger partial charge on any atom is -0.506 e. The van der Waals surface area contributed by atoms with Crippen LogP contribution in [0.2, 0.25) is 0 Å². The first-order chi connectivity index (χ1) is 12.0. The summed E-state index contributed by atoms with van der Waals surface area (Å²) in [5.74, 6) is -0.896. The number of para-hydroxylation sites is 1. The van der Waals surface area contributed by atoms with Crippen molar-refractivity contribution in [3.63, 3.8) is 0 Å². The smallest absolute Gasteiger partial charge is 0.351 e. The lowest BCUT2D eigenvalue weighted by molar-refractivity contribution is 0.104. The molecular formula is C19H14O6. The van der Waals surface area contributed by atoms with Gasteiger partial charge in [0.15, 0.2) is 17.3 Å². The summed E-state index contributed by atoms with van der Waals surface area (Å²) in [6, 6.07) is 11.0. The maximum atomic E-state index is 12.3. The number of carbonyl (C=O) groups is 1. The van der Waals surface area contributed by atoms with E-state index >= 15 is 0 Å². The summed E-state index contributed by atoms with van der Waals surface area (Å²) in [6.07, 6.45) is 2.54. The van der Waals surface area contributed by atoms with E-state index in [-0.39, 0.29) is 16.7 Å². The molecule has 126 valence electrons. The Labute approximate surface area is 142 Å². The van der Waals surface area contributed by atoms with E-state index in [4.69, 9.17) is 9.15 Å². The van der Waals surface area contributed by atoms with Gasteiger partial charge in [-0.25, -0.2) is 4.79 Å². The van der Waals surface area contributed by atoms with Crippen LogP contribution < -0.4 is 10.4 Å². The Balaban J connectivity index is 1.97. The highest BCUT2D eigenvalue weighted by Crippen LogP contribution is 2.28. The van der Waals surface area contributed by atoms with Crippen LogP contribution >= 0.6 is 0 Å². The fourth-order valence-electron chi connectivity index (χ4n) is 2.42. The summed E-state index contributed by atoms with van der Waals surface area (Å²) >= 11 is 0. The highest BCUT2D eigenvalue weighted by atomic mass is 16.5.